The molecule has 3 rings (SSSR count). The lowest BCUT2D eigenvalue weighted by molar-refractivity contribution is -0.131. The third-order valence-electron chi connectivity index (χ3n) is 3.28. The van der Waals surface area contributed by atoms with Gasteiger partial charge in [-0.1, -0.05) is 0 Å². The molecule has 3 aromatic heterocycles. The molecule has 0 atom stereocenters. The topological polar surface area (TPSA) is 132 Å². The van der Waals surface area contributed by atoms with Gasteiger partial charge in [-0.15, -0.1) is 12.4 Å². The maximum Gasteiger partial charge on any atom is 0.328 e. The summed E-state index contributed by atoms with van der Waals surface area (Å²) < 4.78 is 0.920. The van der Waals surface area contributed by atoms with Crippen molar-refractivity contribution in [3.05, 3.63) is 82.4 Å². The van der Waals surface area contributed by atoms with Crippen molar-refractivity contribution in [2.24, 2.45) is 0 Å². The van der Waals surface area contributed by atoms with Crippen molar-refractivity contribution in [2.75, 3.05) is 0 Å². The summed E-state index contributed by atoms with van der Waals surface area (Å²) in [6.45, 7) is 6.95. The number of aliphatic carboxylic acids is 1. The third kappa shape index (κ3) is 15.1. The number of carbonyl (C=O) groups excluding carboxylic acids is 1. The molecule has 0 fully saturated rings. The number of hydrogen-bond donors (Lipinski definition) is 1. The minimum absolute atomic E-state index is 0. The van der Waals surface area contributed by atoms with Gasteiger partial charge in [0.15, 0.2) is 5.78 Å². The highest BCUT2D eigenvalue weighted by Gasteiger charge is 1.91. The number of carboxylic acids is 1. The fourth-order valence-corrected chi connectivity index (χ4v) is 1.94. The fraction of sp³-hybridized carbons (Fsp3) is 0.182. The van der Waals surface area contributed by atoms with E-state index in [0.717, 1.165) is 27.8 Å². The Morgan fingerprint density at radius 2 is 1.06 bits per heavy atom. The van der Waals surface area contributed by atoms with Crippen LogP contribution in [0.2, 0.25) is 0 Å². The Bertz CT molecular complexity index is 970. The van der Waals surface area contributed by atoms with E-state index in [9.17, 15) is 9.59 Å². The van der Waals surface area contributed by atoms with Crippen LogP contribution in [-0.4, -0.2) is 46.8 Å². The molecule has 0 unspecified atom stereocenters. The maximum atomic E-state index is 10.6. The Kier molecular flexibility index (Phi) is 14.6. The molecule has 0 radical (unpaired) electrons. The van der Waals surface area contributed by atoms with Crippen LogP contribution < -0.4 is 0 Å². The summed E-state index contributed by atoms with van der Waals surface area (Å²) in [6.07, 6.45) is 15.6. The predicted octanol–water partition coefficient (Wildman–Crippen LogP) is 4.24. The van der Waals surface area contributed by atoms with Gasteiger partial charge in [-0.3, -0.25) is 4.79 Å². The van der Waals surface area contributed by atoms with Crippen LogP contribution >= 0.6 is 28.3 Å². The van der Waals surface area contributed by atoms with Crippen molar-refractivity contribution in [1.29, 1.82) is 0 Å². The first kappa shape index (κ1) is 29.6. The van der Waals surface area contributed by atoms with Gasteiger partial charge in [-0.25, -0.2) is 34.7 Å². The van der Waals surface area contributed by atoms with Crippen molar-refractivity contribution < 1.29 is 14.7 Å². The van der Waals surface area contributed by atoms with Crippen molar-refractivity contribution in [2.45, 2.75) is 27.7 Å². The van der Waals surface area contributed by atoms with Crippen molar-refractivity contribution >= 4 is 52.2 Å². The van der Waals surface area contributed by atoms with Gasteiger partial charge in [0, 0.05) is 54.4 Å². The summed E-state index contributed by atoms with van der Waals surface area (Å²) in [5, 5.41) is 8.30. The number of ketones is 1. The molecule has 0 saturated carbocycles. The Morgan fingerprint density at radius 1 is 0.727 bits per heavy atom. The molecule has 0 aromatic carbocycles. The molecule has 9 nitrogen and oxygen atoms in total. The average Bonchev–Trinajstić information content (AvgIpc) is 2.76. The zero-order valence-electron chi connectivity index (χ0n) is 18.5. The standard InChI is InChI=1S/C9H10N2O.C8H8N2O2.C5H5BrN2.ClH/c1-7(12)3-4-9-5-10-8(2)11-6-9;1-6-9-4-7(5-10-6)2-3-8(11)12;1-4-7-2-5(6)3-8-4;/h3-6H,1-2H3;2-5H,1H3,(H,11,12);2-3H,1H3;1H/b4-3+;3-2+;;. The number of allylic oxidation sites excluding steroid dienone is 1. The van der Waals surface area contributed by atoms with Crippen LogP contribution in [0.25, 0.3) is 12.2 Å². The maximum absolute atomic E-state index is 10.6. The Morgan fingerprint density at radius 3 is 1.36 bits per heavy atom. The lowest BCUT2D eigenvalue weighted by Gasteiger charge is -1.91. The summed E-state index contributed by atoms with van der Waals surface area (Å²) in [7, 11) is 0. The second kappa shape index (κ2) is 16.3. The molecule has 0 aliphatic carbocycles. The van der Waals surface area contributed by atoms with E-state index >= 15 is 0 Å². The highest BCUT2D eigenvalue weighted by molar-refractivity contribution is 9.10. The third-order valence-corrected chi connectivity index (χ3v) is 3.69. The predicted molar refractivity (Wildman–Crippen MR) is 132 cm³/mol. The Labute approximate surface area is 206 Å². The summed E-state index contributed by atoms with van der Waals surface area (Å²) in [4.78, 5) is 44.3. The molecule has 11 heteroatoms. The number of aryl methyl sites for hydroxylation is 3. The van der Waals surface area contributed by atoms with Gasteiger partial charge in [0.2, 0.25) is 0 Å². The molecule has 0 aliphatic rings. The largest absolute Gasteiger partial charge is 0.478 e. The Hall–Kier alpha value is -3.37. The first-order chi connectivity index (χ1) is 15.2. The molecule has 3 aromatic rings. The SMILES string of the molecule is CC(=O)/C=C/c1cnc(C)nc1.Cc1ncc(/C=C/C(=O)O)cn1.Cc1ncc(Br)cn1.Cl. The van der Waals surface area contributed by atoms with Crippen molar-refractivity contribution in [3.63, 3.8) is 0 Å². The monoisotopic (exact) mass is 534 g/mol. The van der Waals surface area contributed by atoms with E-state index < -0.39 is 5.97 Å². The van der Waals surface area contributed by atoms with E-state index in [0.29, 0.717) is 11.4 Å². The van der Waals surface area contributed by atoms with E-state index in [1.807, 2.05) is 13.8 Å². The molecule has 0 aliphatic heterocycles. The summed E-state index contributed by atoms with van der Waals surface area (Å²) >= 11 is 3.22. The van der Waals surface area contributed by atoms with Crippen LogP contribution in [0.4, 0.5) is 0 Å². The smallest absolute Gasteiger partial charge is 0.328 e. The zero-order valence-corrected chi connectivity index (χ0v) is 20.9. The molecule has 1 N–H and O–H groups in total. The summed E-state index contributed by atoms with van der Waals surface area (Å²) in [6, 6.07) is 0. The van der Waals surface area contributed by atoms with Gasteiger partial charge in [0.25, 0.3) is 0 Å². The highest BCUT2D eigenvalue weighted by atomic mass is 79.9. The second-order valence-electron chi connectivity index (χ2n) is 6.19. The molecule has 174 valence electrons. The molecule has 0 saturated heterocycles. The number of carboxylic acid groups (broad SMARTS) is 1. The fourth-order valence-electron chi connectivity index (χ4n) is 1.74. The lowest BCUT2D eigenvalue weighted by atomic mass is 10.3. The Balaban J connectivity index is 0.000000468. The number of rotatable bonds is 4. The second-order valence-corrected chi connectivity index (χ2v) is 7.11. The average molecular weight is 536 g/mol. The zero-order chi connectivity index (χ0) is 23.9. The van der Waals surface area contributed by atoms with Crippen LogP contribution in [-0.2, 0) is 9.59 Å². The van der Waals surface area contributed by atoms with Crippen molar-refractivity contribution in [1.82, 2.24) is 29.9 Å². The van der Waals surface area contributed by atoms with E-state index in [1.165, 1.54) is 19.1 Å². The van der Waals surface area contributed by atoms with Gasteiger partial charge in [0.05, 0.1) is 4.47 Å². The number of halogens is 2. The first-order valence-corrected chi connectivity index (χ1v) is 10.1. The van der Waals surface area contributed by atoms with Crippen LogP contribution in [0.5, 0.6) is 0 Å². The van der Waals surface area contributed by atoms with Crippen LogP contribution in [0.1, 0.15) is 35.5 Å². The van der Waals surface area contributed by atoms with Gasteiger partial charge in [-0.2, -0.15) is 0 Å². The number of carbonyl (C=O) groups is 2. The van der Waals surface area contributed by atoms with E-state index in [-0.39, 0.29) is 18.2 Å². The number of nitrogens with zero attached hydrogens (tertiary/aromatic N) is 6. The first-order valence-electron chi connectivity index (χ1n) is 9.27. The van der Waals surface area contributed by atoms with E-state index in [4.69, 9.17) is 5.11 Å². The molecule has 3 heterocycles. The molecule has 0 spiro atoms. The van der Waals surface area contributed by atoms with E-state index in [2.05, 4.69) is 45.8 Å². The van der Waals surface area contributed by atoms with E-state index in [1.54, 1.807) is 50.2 Å². The van der Waals surface area contributed by atoms with Gasteiger partial charge in [-0.05, 0) is 61.9 Å². The molecule has 33 heavy (non-hydrogen) atoms. The molecule has 0 bridgehead atoms. The number of aromatic nitrogens is 6. The molecular formula is C22H24BrClN6O3. The van der Waals surface area contributed by atoms with Crippen LogP contribution in [0.15, 0.2) is 53.8 Å². The minimum Gasteiger partial charge on any atom is -0.478 e. The lowest BCUT2D eigenvalue weighted by Crippen LogP contribution is -1.88. The quantitative estimate of drug-likeness (QED) is 0.487. The minimum atomic E-state index is -0.976. The van der Waals surface area contributed by atoms with Gasteiger partial charge in [0.1, 0.15) is 17.5 Å². The summed E-state index contributed by atoms with van der Waals surface area (Å²) in [5.74, 6) is 1.25. The molecular weight excluding hydrogens is 512 g/mol. The number of hydrogen-bond acceptors (Lipinski definition) is 8. The normalized spacial score (nSPS) is 9.85. The van der Waals surface area contributed by atoms with Crippen LogP contribution in [0, 0.1) is 20.8 Å². The van der Waals surface area contributed by atoms with Gasteiger partial charge < -0.3 is 5.11 Å². The molecule has 0 amide bonds. The van der Waals surface area contributed by atoms with Gasteiger partial charge >= 0.3 is 5.97 Å². The summed E-state index contributed by atoms with van der Waals surface area (Å²) in [5.41, 5.74) is 1.53. The van der Waals surface area contributed by atoms with Crippen molar-refractivity contribution in [3.8, 4) is 0 Å². The van der Waals surface area contributed by atoms with Crippen LogP contribution in [0.3, 0.4) is 0 Å². The highest BCUT2D eigenvalue weighted by Crippen LogP contribution is 2.03.